The molecule has 0 saturated carbocycles. The van der Waals surface area contributed by atoms with Gasteiger partial charge in [-0.1, -0.05) is 32.1 Å². The topological polar surface area (TPSA) is 195 Å². The maximum absolute atomic E-state index is 13.0. The Bertz CT molecular complexity index is 2930. The molecule has 450 valence electrons. The van der Waals surface area contributed by atoms with Gasteiger partial charge in [0, 0.05) is 45.4 Å². The molecule has 16 nitrogen and oxygen atoms in total. The molecule has 83 heavy (non-hydrogen) atoms. The van der Waals surface area contributed by atoms with Gasteiger partial charge in [-0.05, 0) is 201 Å². The third-order valence-corrected chi connectivity index (χ3v) is 11.9. The highest BCUT2D eigenvalue weighted by Crippen LogP contribution is 2.39. The number of hydrogen-bond donors (Lipinski definition) is 0. The predicted octanol–water partition coefficient (Wildman–Crippen LogP) is 14.2. The van der Waals surface area contributed by atoms with E-state index in [1.807, 2.05) is 58.9 Å². The fraction of sp³-hybridized carbons (Fsp3) is 0.433. The SMILES string of the molecule is C/C=C/Cc1cc(/C=C/C(=O)c2ccc(OCOC(=O)C(C)(C)C)cc2)c(OCC)cc1OCOC(=O)C(C)(C)C.C=CC(C)(C)c1cc(/C=C/C(=O)c2ccc(OCOC(=O)C(C)(C)C)cc2)c(OCC)cc1OCOC(=O)C(C)(C)C. The fourth-order valence-corrected chi connectivity index (χ4v) is 6.71. The minimum Gasteiger partial charge on any atom is -0.493 e. The summed E-state index contributed by atoms with van der Waals surface area (Å²) in [6, 6.07) is 20.4. The molecule has 0 N–H and O–H groups in total. The van der Waals surface area contributed by atoms with Crippen LogP contribution < -0.4 is 28.4 Å². The summed E-state index contributed by atoms with van der Waals surface area (Å²) in [6.45, 7) is 34.7. The molecular formula is C67H86O16. The largest absolute Gasteiger partial charge is 0.493 e. The highest BCUT2D eigenvalue weighted by Gasteiger charge is 2.28. The molecule has 16 heteroatoms. The molecule has 4 aromatic rings. The van der Waals surface area contributed by atoms with Gasteiger partial charge < -0.3 is 47.4 Å². The Morgan fingerprint density at radius 3 is 1.14 bits per heavy atom. The highest BCUT2D eigenvalue weighted by molar-refractivity contribution is 6.07. The maximum atomic E-state index is 13.0. The van der Waals surface area contributed by atoms with Crippen molar-refractivity contribution in [3.63, 3.8) is 0 Å². The first-order valence-corrected chi connectivity index (χ1v) is 27.5. The van der Waals surface area contributed by atoms with Crippen LogP contribution in [-0.4, -0.2) is 75.8 Å². The second kappa shape index (κ2) is 31.3. The normalized spacial score (nSPS) is 12.0. The summed E-state index contributed by atoms with van der Waals surface area (Å²) in [5, 5.41) is 0. The molecule has 0 saturated heterocycles. The Hall–Kier alpha value is -8.14. The average molecular weight is 1150 g/mol. The van der Waals surface area contributed by atoms with Crippen molar-refractivity contribution in [3.05, 3.63) is 143 Å². The molecule has 0 aliphatic heterocycles. The second-order valence-electron chi connectivity index (χ2n) is 23.7. The summed E-state index contributed by atoms with van der Waals surface area (Å²) in [4.78, 5) is 73.9. The first-order valence-electron chi connectivity index (χ1n) is 27.5. The average Bonchev–Trinajstić information content (AvgIpc) is 3.55. The van der Waals surface area contributed by atoms with Gasteiger partial charge in [0.1, 0.15) is 34.5 Å². The Morgan fingerprint density at radius 2 is 0.795 bits per heavy atom. The second-order valence-corrected chi connectivity index (χ2v) is 23.7. The quantitative estimate of drug-likeness (QED) is 0.0144. The third-order valence-electron chi connectivity index (χ3n) is 11.9. The minimum absolute atomic E-state index is 0.206. The van der Waals surface area contributed by atoms with Crippen LogP contribution in [0.2, 0.25) is 0 Å². The third kappa shape index (κ3) is 23.0. The zero-order valence-electron chi connectivity index (χ0n) is 51.7. The minimum atomic E-state index is -0.654. The van der Waals surface area contributed by atoms with Crippen molar-refractivity contribution in [2.75, 3.05) is 40.4 Å². The molecule has 4 aromatic carbocycles. The van der Waals surface area contributed by atoms with E-state index in [-0.39, 0.29) is 62.6 Å². The Morgan fingerprint density at radius 1 is 0.446 bits per heavy atom. The van der Waals surface area contributed by atoms with Crippen LogP contribution in [0.1, 0.15) is 161 Å². The van der Waals surface area contributed by atoms with Gasteiger partial charge in [0.05, 0.1) is 34.9 Å². The number of hydrogen-bond acceptors (Lipinski definition) is 16. The van der Waals surface area contributed by atoms with E-state index >= 15 is 0 Å². The molecule has 0 aromatic heterocycles. The summed E-state index contributed by atoms with van der Waals surface area (Å²) in [5.41, 5.74) is 0.907. The van der Waals surface area contributed by atoms with Crippen molar-refractivity contribution < 1.29 is 76.1 Å². The van der Waals surface area contributed by atoms with E-state index in [1.54, 1.807) is 162 Å². The summed E-state index contributed by atoms with van der Waals surface area (Å²) in [6.07, 6.45) is 12.6. The molecule has 0 amide bonds. The van der Waals surface area contributed by atoms with Gasteiger partial charge in [-0.3, -0.25) is 28.8 Å². The van der Waals surface area contributed by atoms with E-state index in [2.05, 4.69) is 6.58 Å². The van der Waals surface area contributed by atoms with E-state index in [0.29, 0.717) is 76.4 Å². The van der Waals surface area contributed by atoms with Crippen molar-refractivity contribution >= 4 is 47.6 Å². The smallest absolute Gasteiger partial charge is 0.314 e. The molecule has 0 fully saturated rings. The van der Waals surface area contributed by atoms with Crippen LogP contribution in [0.3, 0.4) is 0 Å². The number of esters is 4. The molecule has 0 bridgehead atoms. The van der Waals surface area contributed by atoms with Gasteiger partial charge in [0.15, 0.2) is 11.6 Å². The number of carbonyl (C=O) groups excluding carboxylic acids is 6. The van der Waals surface area contributed by atoms with Crippen LogP contribution in [0.25, 0.3) is 12.2 Å². The molecule has 0 atom stereocenters. The molecule has 0 radical (unpaired) electrons. The molecular weight excluding hydrogens is 1060 g/mol. The van der Waals surface area contributed by atoms with E-state index < -0.39 is 27.1 Å². The van der Waals surface area contributed by atoms with Crippen LogP contribution in [0.4, 0.5) is 0 Å². The standard InChI is InChI=1S/C34H44O8.C33H42O8/c1-11-34(9,10)26-19-24(28(38-12-2)20-29(26)40-22-42-31(37)33(6,7)8)15-18-27(35)23-13-16-25(17-14-23)39-21-41-30(36)32(3,4)5;1-9-11-12-24-19-25(28(37-10-2)20-29(24)39-22-41-31(36)33(6,7)8)15-18-27(34)23-13-16-26(17-14-23)38-21-40-30(35)32(3,4)5/h11,13-20H,1,12,21-22H2,2-10H3;9,11,13-20H,10,12,21-22H2,1-8H3/b18-15+;11-9+,18-15+. The van der Waals surface area contributed by atoms with Crippen molar-refractivity contribution in [1.82, 2.24) is 0 Å². The highest BCUT2D eigenvalue weighted by atomic mass is 16.7. The lowest BCUT2D eigenvalue weighted by molar-refractivity contribution is -0.160. The first kappa shape index (κ1) is 69.1. The Labute approximate surface area is 491 Å². The monoisotopic (exact) mass is 1150 g/mol. The lowest BCUT2D eigenvalue weighted by Crippen LogP contribution is -2.25. The zero-order valence-corrected chi connectivity index (χ0v) is 51.7. The Balaban J connectivity index is 0.000000435. The molecule has 0 heterocycles. The van der Waals surface area contributed by atoms with Crippen LogP contribution in [0.5, 0.6) is 34.5 Å². The van der Waals surface area contributed by atoms with Crippen LogP contribution in [0.15, 0.2) is 110 Å². The van der Waals surface area contributed by atoms with E-state index in [0.717, 1.165) is 11.1 Å². The van der Waals surface area contributed by atoms with Crippen LogP contribution in [0, 0.1) is 21.7 Å². The zero-order chi connectivity index (χ0) is 62.3. The van der Waals surface area contributed by atoms with Crippen LogP contribution in [-0.2, 0) is 50.0 Å². The number of ketones is 2. The Kier molecular flexibility index (Phi) is 26.1. The number of ether oxygens (including phenoxy) is 10. The van der Waals surface area contributed by atoms with Gasteiger partial charge in [0.2, 0.25) is 27.2 Å². The molecule has 0 unspecified atom stereocenters. The molecule has 0 aliphatic carbocycles. The van der Waals surface area contributed by atoms with E-state index in [4.69, 9.17) is 47.4 Å². The van der Waals surface area contributed by atoms with Gasteiger partial charge in [-0.15, -0.1) is 6.58 Å². The predicted molar refractivity (Wildman–Crippen MR) is 321 cm³/mol. The maximum Gasteiger partial charge on any atom is 0.314 e. The summed E-state index contributed by atoms with van der Waals surface area (Å²) in [5.74, 6) is 1.11. The molecule has 0 aliphatic rings. The summed E-state index contributed by atoms with van der Waals surface area (Å²) in [7, 11) is 0. The lowest BCUT2D eigenvalue weighted by atomic mass is 9.83. The van der Waals surface area contributed by atoms with E-state index in [1.165, 1.54) is 12.2 Å². The van der Waals surface area contributed by atoms with Gasteiger partial charge >= 0.3 is 23.9 Å². The number of benzene rings is 4. The summed E-state index contributed by atoms with van der Waals surface area (Å²) < 4.78 is 55.1. The molecule has 4 rings (SSSR count). The fourth-order valence-electron chi connectivity index (χ4n) is 6.71. The number of carbonyl (C=O) groups is 6. The van der Waals surface area contributed by atoms with Crippen molar-refractivity contribution in [2.24, 2.45) is 21.7 Å². The van der Waals surface area contributed by atoms with Gasteiger partial charge in [0.25, 0.3) is 0 Å². The van der Waals surface area contributed by atoms with Gasteiger partial charge in [-0.25, -0.2) is 0 Å². The van der Waals surface area contributed by atoms with Crippen molar-refractivity contribution in [1.29, 1.82) is 0 Å². The number of allylic oxidation sites excluding steroid dienone is 5. The first-order chi connectivity index (χ1) is 38.7. The summed E-state index contributed by atoms with van der Waals surface area (Å²) >= 11 is 0. The van der Waals surface area contributed by atoms with E-state index in [9.17, 15) is 28.8 Å². The van der Waals surface area contributed by atoms with Crippen LogP contribution >= 0.6 is 0 Å². The van der Waals surface area contributed by atoms with Gasteiger partial charge in [-0.2, -0.15) is 0 Å². The lowest BCUT2D eigenvalue weighted by Gasteiger charge is -2.26. The molecule has 0 spiro atoms. The van der Waals surface area contributed by atoms with Crippen molar-refractivity contribution in [3.8, 4) is 34.5 Å². The number of rotatable bonds is 26. The van der Waals surface area contributed by atoms with Crippen molar-refractivity contribution in [2.45, 2.75) is 130 Å².